The smallest absolute Gasteiger partial charge is 0.256 e. The van der Waals surface area contributed by atoms with Gasteiger partial charge in [0.05, 0.1) is 16.8 Å². The SMILES string of the molecule is c1ccc(N(c2ccccc2)c2cc3c4c(c2)N(c2ccccc2)c2cc5c(cc2B4c2ccccc2N3c2ccccc2)B2c3ccccc3Oc3cc4oc6ccccc6c4c(c32)N5c2ccccc2)cc1. The van der Waals surface area contributed by atoms with Crippen molar-refractivity contribution in [3.8, 4) is 11.5 Å². The molecule has 74 heavy (non-hydrogen) atoms. The Kier molecular flexibility index (Phi) is 8.83. The number of hydrogen-bond acceptors (Lipinski definition) is 6. The van der Waals surface area contributed by atoms with Gasteiger partial charge in [-0.25, -0.2) is 0 Å². The maximum absolute atomic E-state index is 7.02. The van der Waals surface area contributed by atoms with Crippen molar-refractivity contribution < 1.29 is 9.15 Å². The first-order chi connectivity index (χ1) is 36.7. The highest BCUT2D eigenvalue weighted by molar-refractivity contribution is 7.03. The monoisotopic (exact) mass is 944 g/mol. The molecule has 6 nitrogen and oxygen atoms in total. The molecule has 0 spiro atoms. The van der Waals surface area contributed by atoms with Crippen molar-refractivity contribution in [3.05, 3.63) is 255 Å². The summed E-state index contributed by atoms with van der Waals surface area (Å²) in [7, 11) is 0. The number of benzene rings is 11. The summed E-state index contributed by atoms with van der Waals surface area (Å²) in [5, 5.41) is 2.14. The highest BCUT2D eigenvalue weighted by atomic mass is 16.5. The summed E-state index contributed by atoms with van der Waals surface area (Å²) in [5.41, 5.74) is 22.1. The minimum absolute atomic E-state index is 0.131. The first kappa shape index (κ1) is 41.0. The van der Waals surface area contributed by atoms with E-state index in [4.69, 9.17) is 9.15 Å². The van der Waals surface area contributed by atoms with Crippen LogP contribution in [-0.2, 0) is 0 Å². The summed E-state index contributed by atoms with van der Waals surface area (Å²) in [6, 6.07) is 92.3. The topological polar surface area (TPSA) is 35.3 Å². The molecule has 11 aromatic carbocycles. The molecule has 12 aromatic rings. The molecular formula is C66H42B2N4O2. The molecule has 0 atom stereocenters. The summed E-state index contributed by atoms with van der Waals surface area (Å²) in [5.74, 6) is 1.67. The lowest BCUT2D eigenvalue weighted by molar-refractivity contribution is 0.487. The van der Waals surface area contributed by atoms with Crippen molar-refractivity contribution in [2.24, 2.45) is 0 Å². The number of anilines is 12. The highest BCUT2D eigenvalue weighted by Gasteiger charge is 2.48. The van der Waals surface area contributed by atoms with Crippen LogP contribution in [0.2, 0.25) is 0 Å². The third kappa shape index (κ3) is 5.91. The maximum Gasteiger partial charge on any atom is 0.256 e. The standard InChI is InChI=1S/C66H42B2N4O2/c1-6-22-43(23-7-1)69(44-24-8-2-9-25-44)48-38-57-64-58(39-48)71(46-28-12-4-13-29-46)55-41-56-53(40-52(55)67(64)50-33-17-19-35-54(50)70(57)45-26-10-3-11-27-45)68-51-34-18-21-37-60(51)74-62-42-61-63(49-32-16-20-36-59(49)73-61)66(65(62)68)72(56)47-30-14-5-15-31-47/h1-42H. The summed E-state index contributed by atoms with van der Waals surface area (Å²) in [6.45, 7) is -0.282. The molecule has 0 saturated heterocycles. The molecule has 5 heterocycles. The van der Waals surface area contributed by atoms with Crippen molar-refractivity contribution in [1.82, 2.24) is 0 Å². The van der Waals surface area contributed by atoms with E-state index in [1.54, 1.807) is 0 Å². The largest absolute Gasteiger partial charge is 0.458 e. The molecular weight excluding hydrogens is 902 g/mol. The molecule has 4 aliphatic rings. The van der Waals surface area contributed by atoms with Crippen molar-refractivity contribution >= 4 is 136 Å². The normalized spacial score (nSPS) is 13.4. The zero-order valence-electron chi connectivity index (χ0n) is 40.0. The number of para-hydroxylation sites is 8. The summed E-state index contributed by atoms with van der Waals surface area (Å²) < 4.78 is 13.8. The maximum atomic E-state index is 7.02. The van der Waals surface area contributed by atoms with Crippen LogP contribution < -0.4 is 57.1 Å². The second-order valence-corrected chi connectivity index (χ2v) is 19.6. The second kappa shape index (κ2) is 15.9. The van der Waals surface area contributed by atoms with Crippen LogP contribution in [0.25, 0.3) is 21.9 Å². The molecule has 8 heteroatoms. The average molecular weight is 945 g/mol. The fourth-order valence-corrected chi connectivity index (χ4v) is 12.7. The van der Waals surface area contributed by atoms with Crippen LogP contribution in [0, 0.1) is 0 Å². The number of ether oxygens (including phenoxy) is 1. The quantitative estimate of drug-likeness (QED) is 0.155. The van der Waals surface area contributed by atoms with Gasteiger partial charge in [0.15, 0.2) is 0 Å². The van der Waals surface area contributed by atoms with Crippen LogP contribution in [-0.4, -0.2) is 13.4 Å². The van der Waals surface area contributed by atoms with Gasteiger partial charge in [-0.1, -0.05) is 152 Å². The molecule has 16 rings (SSSR count). The van der Waals surface area contributed by atoms with Gasteiger partial charge in [-0.15, -0.1) is 0 Å². The molecule has 0 aliphatic carbocycles. The minimum atomic E-state index is -0.151. The highest BCUT2D eigenvalue weighted by Crippen LogP contribution is 2.52. The Balaban J connectivity index is 1.05. The van der Waals surface area contributed by atoms with Crippen LogP contribution in [0.4, 0.5) is 68.2 Å². The van der Waals surface area contributed by atoms with Crippen molar-refractivity contribution in [1.29, 1.82) is 0 Å². The Bertz CT molecular complexity index is 4170. The number of rotatable bonds is 6. The van der Waals surface area contributed by atoms with Crippen LogP contribution in [0.3, 0.4) is 0 Å². The van der Waals surface area contributed by atoms with E-state index in [0.717, 1.165) is 113 Å². The van der Waals surface area contributed by atoms with Gasteiger partial charge < -0.3 is 28.8 Å². The van der Waals surface area contributed by atoms with Gasteiger partial charge in [0.25, 0.3) is 13.4 Å². The van der Waals surface area contributed by atoms with E-state index in [0.29, 0.717) is 0 Å². The van der Waals surface area contributed by atoms with Crippen LogP contribution in [0.5, 0.6) is 11.5 Å². The third-order valence-electron chi connectivity index (χ3n) is 15.6. The Morgan fingerprint density at radius 3 is 1.47 bits per heavy atom. The molecule has 4 aliphatic heterocycles. The Morgan fingerprint density at radius 1 is 0.324 bits per heavy atom. The van der Waals surface area contributed by atoms with Gasteiger partial charge in [0.1, 0.15) is 22.7 Å². The van der Waals surface area contributed by atoms with E-state index in [2.05, 4.69) is 274 Å². The lowest BCUT2D eigenvalue weighted by atomic mass is 9.30. The van der Waals surface area contributed by atoms with Gasteiger partial charge in [-0.3, -0.25) is 0 Å². The number of fused-ring (bicyclic) bond motifs is 12. The van der Waals surface area contributed by atoms with Gasteiger partial charge >= 0.3 is 0 Å². The zero-order valence-corrected chi connectivity index (χ0v) is 40.0. The molecule has 0 bridgehead atoms. The van der Waals surface area contributed by atoms with E-state index >= 15 is 0 Å². The van der Waals surface area contributed by atoms with E-state index in [9.17, 15) is 0 Å². The van der Waals surface area contributed by atoms with Crippen molar-refractivity contribution in [2.75, 3.05) is 19.6 Å². The first-order valence-corrected chi connectivity index (χ1v) is 25.4. The van der Waals surface area contributed by atoms with Gasteiger partial charge in [0, 0.05) is 68.3 Å². The molecule has 0 N–H and O–H groups in total. The molecule has 0 amide bonds. The lowest BCUT2D eigenvalue weighted by Crippen LogP contribution is -2.64. The van der Waals surface area contributed by atoms with Gasteiger partial charge in [-0.2, -0.15) is 0 Å². The van der Waals surface area contributed by atoms with Crippen LogP contribution in [0.1, 0.15) is 0 Å². The zero-order chi connectivity index (χ0) is 48.4. The Morgan fingerprint density at radius 2 is 0.824 bits per heavy atom. The van der Waals surface area contributed by atoms with E-state index in [1.807, 2.05) is 0 Å². The third-order valence-corrected chi connectivity index (χ3v) is 15.6. The minimum Gasteiger partial charge on any atom is -0.458 e. The lowest BCUT2D eigenvalue weighted by Gasteiger charge is -2.46. The van der Waals surface area contributed by atoms with E-state index < -0.39 is 0 Å². The predicted molar refractivity (Wildman–Crippen MR) is 308 cm³/mol. The fraction of sp³-hybridized carbons (Fsp3) is 0. The number of furan rings is 1. The number of hydrogen-bond donors (Lipinski definition) is 0. The Hall–Kier alpha value is -9.65. The van der Waals surface area contributed by atoms with E-state index in [-0.39, 0.29) is 13.4 Å². The molecule has 0 fully saturated rings. The fourth-order valence-electron chi connectivity index (χ4n) is 12.7. The average Bonchev–Trinajstić information content (AvgIpc) is 3.86. The molecule has 344 valence electrons. The summed E-state index contributed by atoms with van der Waals surface area (Å²) >= 11 is 0. The Labute approximate surface area is 429 Å². The van der Waals surface area contributed by atoms with Crippen molar-refractivity contribution in [3.63, 3.8) is 0 Å². The van der Waals surface area contributed by atoms with Crippen LogP contribution >= 0.6 is 0 Å². The summed E-state index contributed by atoms with van der Waals surface area (Å²) in [6.07, 6.45) is 0. The van der Waals surface area contributed by atoms with Gasteiger partial charge in [-0.05, 0) is 130 Å². The molecule has 1 aromatic heterocycles. The van der Waals surface area contributed by atoms with E-state index in [1.165, 1.54) is 21.9 Å². The van der Waals surface area contributed by atoms with Gasteiger partial charge in [0.2, 0.25) is 0 Å². The summed E-state index contributed by atoms with van der Waals surface area (Å²) in [4.78, 5) is 9.92. The van der Waals surface area contributed by atoms with Crippen molar-refractivity contribution in [2.45, 2.75) is 0 Å². The molecule has 0 unspecified atom stereocenters. The number of nitrogens with zero attached hydrogens (tertiary/aromatic N) is 4. The van der Waals surface area contributed by atoms with Crippen LogP contribution in [0.15, 0.2) is 259 Å². The molecule has 0 saturated carbocycles. The predicted octanol–water partition coefficient (Wildman–Crippen LogP) is 13.5. The molecule has 0 radical (unpaired) electrons. The second-order valence-electron chi connectivity index (χ2n) is 19.6. The first-order valence-electron chi connectivity index (χ1n) is 25.4.